The van der Waals surface area contributed by atoms with Crippen LogP contribution < -0.4 is 4.90 Å². The highest BCUT2D eigenvalue weighted by Gasteiger charge is 2.21. The standard InChI is InChI=1S/C18H23N5O/c1-21-8-10-23(11-9-21)18(24)16-12-20-17(13-19-16)22(2)14-15-6-4-3-5-7-15/h3-7,12-13H,8-11,14H2,1-2H3. The molecule has 1 aromatic heterocycles. The van der Waals surface area contributed by atoms with E-state index in [1.165, 1.54) is 5.56 Å². The lowest BCUT2D eigenvalue weighted by Gasteiger charge is -2.32. The predicted octanol–water partition coefficient (Wildman–Crippen LogP) is 1.50. The Kier molecular flexibility index (Phi) is 5.05. The number of rotatable bonds is 4. The fourth-order valence-corrected chi connectivity index (χ4v) is 2.74. The highest BCUT2D eigenvalue weighted by Crippen LogP contribution is 2.12. The molecule has 0 saturated carbocycles. The summed E-state index contributed by atoms with van der Waals surface area (Å²) in [5, 5.41) is 0. The van der Waals surface area contributed by atoms with Gasteiger partial charge in [0.1, 0.15) is 11.5 Å². The van der Waals surface area contributed by atoms with Gasteiger partial charge in [-0.25, -0.2) is 9.97 Å². The molecule has 24 heavy (non-hydrogen) atoms. The summed E-state index contributed by atoms with van der Waals surface area (Å²) < 4.78 is 0. The van der Waals surface area contributed by atoms with Crippen molar-refractivity contribution in [1.29, 1.82) is 0 Å². The van der Waals surface area contributed by atoms with E-state index in [1.54, 1.807) is 12.4 Å². The van der Waals surface area contributed by atoms with Gasteiger partial charge in [0, 0.05) is 39.8 Å². The number of nitrogens with zero attached hydrogens (tertiary/aromatic N) is 5. The SMILES string of the molecule is CN1CCN(C(=O)c2cnc(N(C)Cc3ccccc3)cn2)CC1. The molecule has 0 spiro atoms. The second-order valence-corrected chi connectivity index (χ2v) is 6.20. The number of hydrogen-bond donors (Lipinski definition) is 0. The summed E-state index contributed by atoms with van der Waals surface area (Å²) in [6, 6.07) is 10.2. The number of benzene rings is 1. The Morgan fingerprint density at radius 2 is 1.79 bits per heavy atom. The average molecular weight is 325 g/mol. The Morgan fingerprint density at radius 3 is 2.42 bits per heavy atom. The number of carbonyl (C=O) groups is 1. The second-order valence-electron chi connectivity index (χ2n) is 6.20. The molecule has 0 unspecified atom stereocenters. The predicted molar refractivity (Wildman–Crippen MR) is 94.0 cm³/mol. The third-order valence-electron chi connectivity index (χ3n) is 4.30. The van der Waals surface area contributed by atoms with E-state index in [-0.39, 0.29) is 5.91 Å². The number of piperazine rings is 1. The molecular formula is C18H23N5O. The Labute approximate surface area is 142 Å². The molecule has 1 aliphatic rings. The van der Waals surface area contributed by atoms with Gasteiger partial charge in [-0.2, -0.15) is 0 Å². The van der Waals surface area contributed by atoms with Gasteiger partial charge in [0.15, 0.2) is 0 Å². The molecule has 1 fully saturated rings. The largest absolute Gasteiger partial charge is 0.354 e. The second kappa shape index (κ2) is 7.40. The molecule has 1 amide bonds. The van der Waals surface area contributed by atoms with Gasteiger partial charge in [0.05, 0.1) is 12.4 Å². The van der Waals surface area contributed by atoms with Gasteiger partial charge < -0.3 is 14.7 Å². The average Bonchev–Trinajstić information content (AvgIpc) is 2.63. The Bertz CT molecular complexity index is 666. The molecule has 3 rings (SSSR count). The van der Waals surface area contributed by atoms with Crippen molar-refractivity contribution in [2.75, 3.05) is 45.2 Å². The van der Waals surface area contributed by atoms with Crippen LogP contribution in [-0.2, 0) is 6.54 Å². The van der Waals surface area contributed by atoms with Crippen molar-refractivity contribution in [3.63, 3.8) is 0 Å². The first-order chi connectivity index (χ1) is 11.6. The summed E-state index contributed by atoms with van der Waals surface area (Å²) in [6.45, 7) is 4.04. The normalized spacial score (nSPS) is 15.3. The summed E-state index contributed by atoms with van der Waals surface area (Å²) in [6.07, 6.45) is 3.25. The topological polar surface area (TPSA) is 52.6 Å². The van der Waals surface area contributed by atoms with Crippen LogP contribution in [0.1, 0.15) is 16.1 Å². The van der Waals surface area contributed by atoms with E-state index in [0.29, 0.717) is 5.69 Å². The minimum absolute atomic E-state index is 0.0344. The smallest absolute Gasteiger partial charge is 0.274 e. The van der Waals surface area contributed by atoms with Crippen LogP contribution in [0.4, 0.5) is 5.82 Å². The van der Waals surface area contributed by atoms with Gasteiger partial charge in [-0.3, -0.25) is 4.79 Å². The first-order valence-electron chi connectivity index (χ1n) is 8.18. The number of amides is 1. The van der Waals surface area contributed by atoms with Crippen LogP contribution in [0.25, 0.3) is 0 Å². The van der Waals surface area contributed by atoms with E-state index >= 15 is 0 Å². The van der Waals surface area contributed by atoms with Crippen molar-refractivity contribution in [2.24, 2.45) is 0 Å². The first-order valence-corrected chi connectivity index (χ1v) is 8.18. The Hall–Kier alpha value is -2.47. The zero-order chi connectivity index (χ0) is 16.9. The van der Waals surface area contributed by atoms with Gasteiger partial charge >= 0.3 is 0 Å². The minimum atomic E-state index is -0.0344. The fourth-order valence-electron chi connectivity index (χ4n) is 2.74. The summed E-state index contributed by atoms with van der Waals surface area (Å²) >= 11 is 0. The fraction of sp³-hybridized carbons (Fsp3) is 0.389. The third kappa shape index (κ3) is 3.89. The molecule has 0 atom stereocenters. The van der Waals surface area contributed by atoms with Crippen molar-refractivity contribution in [3.05, 3.63) is 54.0 Å². The number of carbonyl (C=O) groups excluding carboxylic acids is 1. The molecule has 0 aliphatic carbocycles. The lowest BCUT2D eigenvalue weighted by atomic mass is 10.2. The maximum Gasteiger partial charge on any atom is 0.274 e. The van der Waals surface area contributed by atoms with Crippen LogP contribution >= 0.6 is 0 Å². The van der Waals surface area contributed by atoms with Crippen LogP contribution in [0.2, 0.25) is 0 Å². The maximum absolute atomic E-state index is 12.5. The molecule has 1 aromatic carbocycles. The monoisotopic (exact) mass is 325 g/mol. The molecule has 126 valence electrons. The van der Waals surface area contributed by atoms with Crippen molar-refractivity contribution in [2.45, 2.75) is 6.54 Å². The zero-order valence-corrected chi connectivity index (χ0v) is 14.2. The van der Waals surface area contributed by atoms with Gasteiger partial charge in [-0.1, -0.05) is 30.3 Å². The third-order valence-corrected chi connectivity index (χ3v) is 4.30. The quantitative estimate of drug-likeness (QED) is 0.853. The Morgan fingerprint density at radius 1 is 1.08 bits per heavy atom. The minimum Gasteiger partial charge on any atom is -0.354 e. The van der Waals surface area contributed by atoms with Crippen molar-refractivity contribution in [3.8, 4) is 0 Å². The summed E-state index contributed by atoms with van der Waals surface area (Å²) in [5.74, 6) is 0.724. The van der Waals surface area contributed by atoms with E-state index in [4.69, 9.17) is 0 Å². The van der Waals surface area contributed by atoms with Gasteiger partial charge in [-0.05, 0) is 12.6 Å². The summed E-state index contributed by atoms with van der Waals surface area (Å²) in [7, 11) is 4.04. The molecule has 0 bridgehead atoms. The number of hydrogen-bond acceptors (Lipinski definition) is 5. The van der Waals surface area contributed by atoms with Crippen molar-refractivity contribution >= 4 is 11.7 Å². The van der Waals surface area contributed by atoms with E-state index in [2.05, 4.69) is 34.0 Å². The van der Waals surface area contributed by atoms with Crippen molar-refractivity contribution < 1.29 is 4.79 Å². The molecule has 0 radical (unpaired) electrons. The number of anilines is 1. The van der Waals surface area contributed by atoms with Gasteiger partial charge in [-0.15, -0.1) is 0 Å². The molecule has 1 aliphatic heterocycles. The van der Waals surface area contributed by atoms with Crippen LogP contribution in [0, 0.1) is 0 Å². The zero-order valence-electron chi connectivity index (χ0n) is 14.2. The highest BCUT2D eigenvalue weighted by molar-refractivity contribution is 5.92. The maximum atomic E-state index is 12.5. The Balaban J connectivity index is 1.63. The van der Waals surface area contributed by atoms with E-state index in [1.807, 2.05) is 35.0 Å². The van der Waals surface area contributed by atoms with Gasteiger partial charge in [0.2, 0.25) is 0 Å². The first kappa shape index (κ1) is 16.4. The van der Waals surface area contributed by atoms with Gasteiger partial charge in [0.25, 0.3) is 5.91 Å². The lowest BCUT2D eigenvalue weighted by Crippen LogP contribution is -2.47. The number of likely N-dealkylation sites (N-methyl/N-ethyl adjacent to an activating group) is 1. The van der Waals surface area contributed by atoms with E-state index in [9.17, 15) is 4.79 Å². The lowest BCUT2D eigenvalue weighted by molar-refractivity contribution is 0.0658. The van der Waals surface area contributed by atoms with E-state index in [0.717, 1.165) is 38.5 Å². The molecular weight excluding hydrogens is 302 g/mol. The summed E-state index contributed by atoms with van der Waals surface area (Å²) in [4.78, 5) is 27.3. The molecule has 2 aromatic rings. The molecule has 2 heterocycles. The molecule has 6 nitrogen and oxygen atoms in total. The van der Waals surface area contributed by atoms with Crippen LogP contribution in [0.5, 0.6) is 0 Å². The molecule has 0 N–H and O–H groups in total. The van der Waals surface area contributed by atoms with Crippen LogP contribution in [0.15, 0.2) is 42.7 Å². The van der Waals surface area contributed by atoms with Crippen LogP contribution in [0.3, 0.4) is 0 Å². The molecule has 6 heteroatoms. The summed E-state index contributed by atoms with van der Waals surface area (Å²) in [5.41, 5.74) is 1.62. The van der Waals surface area contributed by atoms with E-state index < -0.39 is 0 Å². The molecule has 1 saturated heterocycles. The van der Waals surface area contributed by atoms with Crippen molar-refractivity contribution in [1.82, 2.24) is 19.8 Å². The van der Waals surface area contributed by atoms with Crippen LogP contribution in [-0.4, -0.2) is 65.9 Å². The number of aromatic nitrogens is 2. The highest BCUT2D eigenvalue weighted by atomic mass is 16.2.